The summed E-state index contributed by atoms with van der Waals surface area (Å²) in [6.07, 6.45) is 6.30. The van der Waals surface area contributed by atoms with Crippen LogP contribution in [0.5, 0.6) is 0 Å². The summed E-state index contributed by atoms with van der Waals surface area (Å²) in [6.45, 7) is 8.97. The average Bonchev–Trinajstić information content (AvgIpc) is 2.39. The Morgan fingerprint density at radius 3 is 2.35 bits per heavy atom. The summed E-state index contributed by atoms with van der Waals surface area (Å²) in [6, 6.07) is 0. The lowest BCUT2D eigenvalue weighted by molar-refractivity contribution is -0.0958. The van der Waals surface area contributed by atoms with Gasteiger partial charge in [-0.15, -0.1) is 0 Å². The van der Waals surface area contributed by atoms with Gasteiger partial charge in [0.25, 0.3) is 0 Å². The van der Waals surface area contributed by atoms with Crippen LogP contribution in [0.4, 0.5) is 4.79 Å². The first kappa shape index (κ1) is 18.5. The lowest BCUT2D eigenvalue weighted by Crippen LogP contribution is -2.45. The van der Waals surface area contributed by atoms with Crippen LogP contribution in [0.15, 0.2) is 0 Å². The molecule has 1 heterocycles. The number of nitrogens with zero attached hydrogens (tertiary/aromatic N) is 1. The smallest absolute Gasteiger partial charge is 0.410 e. The van der Waals surface area contributed by atoms with Gasteiger partial charge in [0.05, 0.1) is 18.3 Å². The molecule has 1 N–H and O–H groups in total. The first-order valence-electron chi connectivity index (χ1n) is 9.04. The van der Waals surface area contributed by atoms with Gasteiger partial charge in [0.1, 0.15) is 5.60 Å². The highest BCUT2D eigenvalue weighted by molar-refractivity contribution is 5.68. The molecule has 5 heteroatoms. The van der Waals surface area contributed by atoms with E-state index in [1.807, 2.05) is 27.7 Å². The Hall–Kier alpha value is -0.810. The van der Waals surface area contributed by atoms with Crippen LogP contribution in [0.3, 0.4) is 0 Å². The van der Waals surface area contributed by atoms with Crippen molar-refractivity contribution < 1.29 is 19.4 Å². The Balaban J connectivity index is 1.60. The fourth-order valence-corrected chi connectivity index (χ4v) is 3.27. The van der Waals surface area contributed by atoms with Crippen LogP contribution in [0.1, 0.15) is 66.2 Å². The van der Waals surface area contributed by atoms with Crippen molar-refractivity contribution in [2.45, 2.75) is 90.1 Å². The highest BCUT2D eigenvalue weighted by Gasteiger charge is 2.33. The third-order valence-electron chi connectivity index (χ3n) is 4.66. The molecule has 1 unspecified atom stereocenters. The molecule has 0 bridgehead atoms. The molecule has 0 radical (unpaired) electrons. The molecule has 0 aromatic rings. The van der Waals surface area contributed by atoms with Crippen molar-refractivity contribution in [2.75, 3.05) is 13.1 Å². The van der Waals surface area contributed by atoms with Gasteiger partial charge in [0, 0.05) is 13.1 Å². The Labute approximate surface area is 140 Å². The van der Waals surface area contributed by atoms with Crippen molar-refractivity contribution in [3.05, 3.63) is 0 Å². The molecule has 2 fully saturated rings. The zero-order valence-electron chi connectivity index (χ0n) is 15.1. The van der Waals surface area contributed by atoms with Crippen LogP contribution in [-0.2, 0) is 9.47 Å². The fraction of sp³-hybridized carbons (Fsp3) is 0.944. The quantitative estimate of drug-likeness (QED) is 0.841. The summed E-state index contributed by atoms with van der Waals surface area (Å²) in [7, 11) is 0. The van der Waals surface area contributed by atoms with Crippen LogP contribution >= 0.6 is 0 Å². The Morgan fingerprint density at radius 2 is 1.83 bits per heavy atom. The molecule has 23 heavy (non-hydrogen) atoms. The standard InChI is InChI=1S/C18H33NO4/c1-13(20)5-6-14-11-16(12-14)22-15-7-9-19(10-8-15)17(21)23-18(2,3)4/h13-16,20H,5-12H2,1-4H3. The number of carbonyl (C=O) groups is 1. The molecule has 0 aromatic carbocycles. The molecule has 1 amide bonds. The van der Waals surface area contributed by atoms with Crippen LogP contribution < -0.4 is 0 Å². The first-order chi connectivity index (χ1) is 10.7. The molecule has 5 nitrogen and oxygen atoms in total. The number of hydrogen-bond donors (Lipinski definition) is 1. The minimum absolute atomic E-state index is 0.188. The number of piperidine rings is 1. The summed E-state index contributed by atoms with van der Waals surface area (Å²) in [5.74, 6) is 0.719. The van der Waals surface area contributed by atoms with Gasteiger partial charge in [-0.05, 0) is 72.1 Å². The van der Waals surface area contributed by atoms with Crippen LogP contribution in [0.25, 0.3) is 0 Å². The fourth-order valence-electron chi connectivity index (χ4n) is 3.27. The van der Waals surface area contributed by atoms with E-state index in [4.69, 9.17) is 9.47 Å². The average molecular weight is 327 g/mol. The van der Waals surface area contributed by atoms with Crippen molar-refractivity contribution >= 4 is 6.09 Å². The summed E-state index contributed by atoms with van der Waals surface area (Å²) in [5.41, 5.74) is -0.433. The second kappa shape index (κ2) is 7.84. The summed E-state index contributed by atoms with van der Waals surface area (Å²) in [5, 5.41) is 9.31. The van der Waals surface area contributed by atoms with Crippen molar-refractivity contribution in [1.82, 2.24) is 4.90 Å². The Bertz CT molecular complexity index is 377. The topological polar surface area (TPSA) is 59.0 Å². The zero-order chi connectivity index (χ0) is 17.0. The normalized spacial score (nSPS) is 27.4. The van der Waals surface area contributed by atoms with E-state index in [0.717, 1.165) is 57.5 Å². The number of rotatable bonds is 5. The third kappa shape index (κ3) is 6.30. The van der Waals surface area contributed by atoms with E-state index in [9.17, 15) is 9.90 Å². The molecule has 1 saturated carbocycles. The molecular formula is C18H33NO4. The molecular weight excluding hydrogens is 294 g/mol. The number of aliphatic hydroxyl groups excluding tert-OH is 1. The van der Waals surface area contributed by atoms with Crippen molar-refractivity contribution in [2.24, 2.45) is 5.92 Å². The SMILES string of the molecule is CC(O)CCC1CC(OC2CCN(C(=O)OC(C)(C)C)CC2)C1. The molecule has 0 aromatic heterocycles. The van der Waals surface area contributed by atoms with Gasteiger partial charge in [0.2, 0.25) is 0 Å². The summed E-state index contributed by atoms with van der Waals surface area (Å²) in [4.78, 5) is 13.8. The van der Waals surface area contributed by atoms with E-state index in [2.05, 4.69) is 0 Å². The maximum atomic E-state index is 12.0. The van der Waals surface area contributed by atoms with Gasteiger partial charge in [-0.25, -0.2) is 4.79 Å². The maximum Gasteiger partial charge on any atom is 0.410 e. The molecule has 1 aliphatic heterocycles. The van der Waals surface area contributed by atoms with Crippen molar-refractivity contribution in [1.29, 1.82) is 0 Å². The molecule has 0 spiro atoms. The van der Waals surface area contributed by atoms with E-state index in [0.29, 0.717) is 6.10 Å². The number of likely N-dealkylation sites (tertiary alicyclic amines) is 1. The second-order valence-corrected chi connectivity index (χ2v) is 8.19. The summed E-state index contributed by atoms with van der Waals surface area (Å²) >= 11 is 0. The third-order valence-corrected chi connectivity index (χ3v) is 4.66. The van der Waals surface area contributed by atoms with Crippen molar-refractivity contribution in [3.8, 4) is 0 Å². The monoisotopic (exact) mass is 327 g/mol. The first-order valence-corrected chi connectivity index (χ1v) is 9.04. The lowest BCUT2D eigenvalue weighted by Gasteiger charge is -2.40. The van der Waals surface area contributed by atoms with E-state index in [-0.39, 0.29) is 18.3 Å². The second-order valence-electron chi connectivity index (χ2n) is 8.19. The van der Waals surface area contributed by atoms with Gasteiger partial charge in [-0.1, -0.05) is 0 Å². The lowest BCUT2D eigenvalue weighted by atomic mass is 9.78. The van der Waals surface area contributed by atoms with Crippen LogP contribution in [0.2, 0.25) is 0 Å². The van der Waals surface area contributed by atoms with Gasteiger partial charge in [0.15, 0.2) is 0 Å². The number of hydrogen-bond acceptors (Lipinski definition) is 4. The highest BCUT2D eigenvalue weighted by Crippen LogP contribution is 2.35. The van der Waals surface area contributed by atoms with E-state index in [1.54, 1.807) is 4.90 Å². The number of ether oxygens (including phenoxy) is 2. The number of carbonyl (C=O) groups excluding carboxylic acids is 1. The minimum Gasteiger partial charge on any atom is -0.444 e. The highest BCUT2D eigenvalue weighted by atomic mass is 16.6. The zero-order valence-corrected chi connectivity index (χ0v) is 15.1. The largest absolute Gasteiger partial charge is 0.444 e. The van der Waals surface area contributed by atoms with E-state index >= 15 is 0 Å². The number of amides is 1. The van der Waals surface area contributed by atoms with Crippen molar-refractivity contribution in [3.63, 3.8) is 0 Å². The molecule has 2 rings (SSSR count). The van der Waals surface area contributed by atoms with Crippen LogP contribution in [-0.4, -0.2) is 53.1 Å². The van der Waals surface area contributed by atoms with Crippen LogP contribution in [0, 0.1) is 5.92 Å². The predicted molar refractivity (Wildman–Crippen MR) is 89.3 cm³/mol. The van der Waals surface area contributed by atoms with E-state index < -0.39 is 5.60 Å². The molecule has 1 aliphatic carbocycles. The van der Waals surface area contributed by atoms with Gasteiger partial charge < -0.3 is 19.5 Å². The Kier molecular flexibility index (Phi) is 6.32. The number of aliphatic hydroxyl groups is 1. The molecule has 1 atom stereocenters. The molecule has 2 aliphatic rings. The summed E-state index contributed by atoms with van der Waals surface area (Å²) < 4.78 is 11.6. The Morgan fingerprint density at radius 1 is 1.22 bits per heavy atom. The predicted octanol–water partition coefficient (Wildman–Crippen LogP) is 3.34. The van der Waals surface area contributed by atoms with Gasteiger partial charge in [-0.2, -0.15) is 0 Å². The van der Waals surface area contributed by atoms with E-state index in [1.165, 1.54) is 0 Å². The minimum atomic E-state index is -0.433. The van der Waals surface area contributed by atoms with Gasteiger partial charge in [-0.3, -0.25) is 0 Å². The maximum absolute atomic E-state index is 12.0. The van der Waals surface area contributed by atoms with Gasteiger partial charge >= 0.3 is 6.09 Å². The molecule has 134 valence electrons. The molecule has 1 saturated heterocycles.